The number of nitrogens with one attached hydrogen (secondary N) is 2. The Morgan fingerprint density at radius 2 is 1.84 bits per heavy atom. The number of hydrogen-bond acceptors (Lipinski definition) is 2. The second-order valence-electron chi connectivity index (χ2n) is 4.93. The first-order valence-corrected chi connectivity index (χ1v) is 7.27. The Labute approximate surface area is 116 Å². The fourth-order valence-corrected chi connectivity index (χ4v) is 2.10. The molecule has 1 amide bonds. The standard InChI is InChI=1S/C16H26N2O/c1-4-9-15(14-10-7-6-8-11-14)18-13(3)16(19)17-12-5-2/h6-8,10-11,13,15,18H,4-5,9,12H2,1-3H3,(H,17,19). The van der Waals surface area contributed by atoms with Crippen LogP contribution in [0.25, 0.3) is 0 Å². The van der Waals surface area contributed by atoms with Crippen LogP contribution in [-0.4, -0.2) is 18.5 Å². The lowest BCUT2D eigenvalue weighted by Crippen LogP contribution is -2.43. The minimum Gasteiger partial charge on any atom is -0.355 e. The van der Waals surface area contributed by atoms with E-state index in [-0.39, 0.29) is 18.0 Å². The third kappa shape index (κ3) is 5.43. The van der Waals surface area contributed by atoms with Gasteiger partial charge in [0.15, 0.2) is 0 Å². The van der Waals surface area contributed by atoms with Crippen LogP contribution in [0.4, 0.5) is 0 Å². The van der Waals surface area contributed by atoms with Crippen molar-refractivity contribution in [3.8, 4) is 0 Å². The quantitative estimate of drug-likeness (QED) is 0.756. The largest absolute Gasteiger partial charge is 0.355 e. The zero-order valence-electron chi connectivity index (χ0n) is 12.3. The Hall–Kier alpha value is -1.35. The number of benzene rings is 1. The molecule has 19 heavy (non-hydrogen) atoms. The van der Waals surface area contributed by atoms with Gasteiger partial charge in [-0.15, -0.1) is 0 Å². The summed E-state index contributed by atoms with van der Waals surface area (Å²) in [6.45, 7) is 6.90. The van der Waals surface area contributed by atoms with E-state index in [1.165, 1.54) is 5.56 Å². The second-order valence-corrected chi connectivity index (χ2v) is 4.93. The lowest BCUT2D eigenvalue weighted by molar-refractivity contribution is -0.122. The van der Waals surface area contributed by atoms with Crippen LogP contribution in [0, 0.1) is 0 Å². The summed E-state index contributed by atoms with van der Waals surface area (Å²) in [6, 6.07) is 10.4. The van der Waals surface area contributed by atoms with Gasteiger partial charge in [0.25, 0.3) is 0 Å². The van der Waals surface area contributed by atoms with Gasteiger partial charge in [-0.1, -0.05) is 50.6 Å². The van der Waals surface area contributed by atoms with E-state index in [4.69, 9.17) is 0 Å². The normalized spacial score (nSPS) is 13.8. The molecule has 0 fully saturated rings. The zero-order valence-corrected chi connectivity index (χ0v) is 12.3. The summed E-state index contributed by atoms with van der Waals surface area (Å²) < 4.78 is 0. The molecule has 3 heteroatoms. The summed E-state index contributed by atoms with van der Waals surface area (Å²) in [4.78, 5) is 11.9. The molecule has 1 rings (SSSR count). The number of rotatable bonds is 8. The Bertz CT molecular complexity index is 364. The summed E-state index contributed by atoms with van der Waals surface area (Å²) in [7, 11) is 0. The maximum atomic E-state index is 11.9. The first-order chi connectivity index (χ1) is 9.19. The van der Waals surface area contributed by atoms with E-state index in [2.05, 4.69) is 36.6 Å². The van der Waals surface area contributed by atoms with Gasteiger partial charge in [0.1, 0.15) is 0 Å². The van der Waals surface area contributed by atoms with E-state index in [1.807, 2.05) is 25.1 Å². The highest BCUT2D eigenvalue weighted by Crippen LogP contribution is 2.18. The summed E-state index contributed by atoms with van der Waals surface area (Å²) in [5.41, 5.74) is 1.25. The van der Waals surface area contributed by atoms with Crippen LogP contribution in [0.5, 0.6) is 0 Å². The van der Waals surface area contributed by atoms with Crippen LogP contribution in [0.2, 0.25) is 0 Å². The predicted octanol–water partition coefficient (Wildman–Crippen LogP) is 3.03. The van der Waals surface area contributed by atoms with Crippen LogP contribution in [0.3, 0.4) is 0 Å². The highest BCUT2D eigenvalue weighted by atomic mass is 16.2. The molecule has 2 N–H and O–H groups in total. The van der Waals surface area contributed by atoms with E-state index in [1.54, 1.807) is 0 Å². The van der Waals surface area contributed by atoms with Gasteiger partial charge in [-0.3, -0.25) is 10.1 Å². The molecule has 0 saturated heterocycles. The van der Waals surface area contributed by atoms with E-state index in [9.17, 15) is 4.79 Å². The molecule has 0 saturated carbocycles. The van der Waals surface area contributed by atoms with Gasteiger partial charge in [-0.2, -0.15) is 0 Å². The molecule has 0 radical (unpaired) electrons. The van der Waals surface area contributed by atoms with Crippen LogP contribution >= 0.6 is 0 Å². The van der Waals surface area contributed by atoms with Gasteiger partial charge in [0.2, 0.25) is 5.91 Å². The molecule has 2 atom stereocenters. The van der Waals surface area contributed by atoms with Crippen molar-refractivity contribution in [1.82, 2.24) is 10.6 Å². The van der Waals surface area contributed by atoms with Crippen molar-refractivity contribution < 1.29 is 4.79 Å². The highest BCUT2D eigenvalue weighted by Gasteiger charge is 2.17. The van der Waals surface area contributed by atoms with E-state index >= 15 is 0 Å². The van der Waals surface area contributed by atoms with Crippen LogP contribution < -0.4 is 10.6 Å². The summed E-state index contributed by atoms with van der Waals surface area (Å²) in [5.74, 6) is 0.0823. The molecule has 0 aliphatic carbocycles. The minimum absolute atomic E-state index is 0.0823. The van der Waals surface area contributed by atoms with Gasteiger partial charge in [0.05, 0.1) is 6.04 Å². The smallest absolute Gasteiger partial charge is 0.236 e. The first kappa shape index (κ1) is 15.7. The molecule has 0 spiro atoms. The van der Waals surface area contributed by atoms with Crippen LogP contribution in [0.15, 0.2) is 30.3 Å². The summed E-state index contributed by atoms with van der Waals surface area (Å²) >= 11 is 0. The second kappa shape index (κ2) is 8.70. The fraction of sp³-hybridized carbons (Fsp3) is 0.562. The van der Waals surface area contributed by atoms with Gasteiger partial charge in [-0.05, 0) is 25.3 Å². The number of hydrogen-bond donors (Lipinski definition) is 2. The molecule has 0 aliphatic rings. The van der Waals surface area contributed by atoms with E-state index in [0.717, 1.165) is 25.8 Å². The summed E-state index contributed by atoms with van der Waals surface area (Å²) in [6.07, 6.45) is 3.10. The average Bonchev–Trinajstić information content (AvgIpc) is 2.45. The molecule has 0 aliphatic heterocycles. The Morgan fingerprint density at radius 3 is 2.42 bits per heavy atom. The van der Waals surface area contributed by atoms with Crippen molar-refractivity contribution in [2.75, 3.05) is 6.54 Å². The molecule has 1 aromatic rings. The molecular formula is C16H26N2O. The third-order valence-electron chi connectivity index (χ3n) is 3.17. The molecule has 0 bridgehead atoms. The fourth-order valence-electron chi connectivity index (χ4n) is 2.10. The molecule has 0 aromatic heterocycles. The van der Waals surface area contributed by atoms with Gasteiger partial charge in [-0.25, -0.2) is 0 Å². The lowest BCUT2D eigenvalue weighted by atomic mass is 10.0. The molecule has 2 unspecified atom stereocenters. The minimum atomic E-state index is -0.164. The van der Waals surface area contributed by atoms with Crippen molar-refractivity contribution in [2.45, 2.75) is 52.1 Å². The zero-order chi connectivity index (χ0) is 14.1. The molecule has 0 heterocycles. The number of carbonyl (C=O) groups excluding carboxylic acids is 1. The SMILES string of the molecule is CCCNC(=O)C(C)NC(CCC)c1ccccc1. The third-order valence-corrected chi connectivity index (χ3v) is 3.17. The van der Waals surface area contributed by atoms with E-state index in [0.29, 0.717) is 0 Å². The average molecular weight is 262 g/mol. The maximum Gasteiger partial charge on any atom is 0.236 e. The first-order valence-electron chi connectivity index (χ1n) is 7.27. The molecular weight excluding hydrogens is 236 g/mol. The van der Waals surface area contributed by atoms with Gasteiger partial charge < -0.3 is 5.32 Å². The molecule has 1 aromatic carbocycles. The van der Waals surface area contributed by atoms with Crippen molar-refractivity contribution in [3.63, 3.8) is 0 Å². The number of amides is 1. The molecule has 3 nitrogen and oxygen atoms in total. The van der Waals surface area contributed by atoms with Crippen LogP contribution in [-0.2, 0) is 4.79 Å². The number of carbonyl (C=O) groups is 1. The highest BCUT2D eigenvalue weighted by molar-refractivity contribution is 5.81. The Kier molecular flexibility index (Phi) is 7.19. The van der Waals surface area contributed by atoms with E-state index < -0.39 is 0 Å². The topological polar surface area (TPSA) is 41.1 Å². The maximum absolute atomic E-state index is 11.9. The summed E-state index contributed by atoms with van der Waals surface area (Å²) in [5, 5.41) is 6.36. The van der Waals surface area contributed by atoms with Gasteiger partial charge in [0, 0.05) is 12.6 Å². The van der Waals surface area contributed by atoms with Crippen molar-refractivity contribution in [3.05, 3.63) is 35.9 Å². The van der Waals surface area contributed by atoms with Gasteiger partial charge >= 0.3 is 0 Å². The van der Waals surface area contributed by atoms with Crippen molar-refractivity contribution in [1.29, 1.82) is 0 Å². The lowest BCUT2D eigenvalue weighted by Gasteiger charge is -2.23. The van der Waals surface area contributed by atoms with Crippen molar-refractivity contribution in [2.24, 2.45) is 0 Å². The van der Waals surface area contributed by atoms with Crippen LogP contribution in [0.1, 0.15) is 51.6 Å². The Balaban J connectivity index is 2.61. The predicted molar refractivity (Wildman–Crippen MR) is 80.0 cm³/mol. The Morgan fingerprint density at radius 1 is 1.16 bits per heavy atom. The molecule has 106 valence electrons. The van der Waals surface area contributed by atoms with Crippen molar-refractivity contribution >= 4 is 5.91 Å². The monoisotopic (exact) mass is 262 g/mol.